The molecule has 0 amide bonds. The summed E-state index contributed by atoms with van der Waals surface area (Å²) in [6.45, 7) is 1.87. The fourth-order valence-electron chi connectivity index (χ4n) is 3.12. The van der Waals surface area contributed by atoms with Gasteiger partial charge in [0.2, 0.25) is 0 Å². The van der Waals surface area contributed by atoms with Gasteiger partial charge in [-0.05, 0) is 43.0 Å². The maximum Gasteiger partial charge on any atom is 0.101 e. The standard InChI is InChI=1S/C25H24O/c1-25(26,23-15-9-4-10-16-23)24(19-17-21-11-5-2-6-12-21)20-18-22-13-7-3-8-14-22/h2-16,24,26H,17,19H2,1H3/t24-,25-/m0/s1. The van der Waals surface area contributed by atoms with Crippen LogP contribution in [0.15, 0.2) is 91.0 Å². The van der Waals surface area contributed by atoms with Crippen molar-refractivity contribution in [3.05, 3.63) is 108 Å². The highest BCUT2D eigenvalue weighted by Crippen LogP contribution is 2.32. The van der Waals surface area contributed by atoms with Crippen LogP contribution in [0.25, 0.3) is 0 Å². The quantitative estimate of drug-likeness (QED) is 0.633. The van der Waals surface area contributed by atoms with Gasteiger partial charge in [-0.3, -0.25) is 0 Å². The van der Waals surface area contributed by atoms with E-state index in [0.717, 1.165) is 24.0 Å². The van der Waals surface area contributed by atoms with Crippen LogP contribution in [-0.4, -0.2) is 5.11 Å². The molecular weight excluding hydrogens is 316 g/mol. The van der Waals surface area contributed by atoms with Crippen LogP contribution in [0.4, 0.5) is 0 Å². The molecule has 0 aliphatic heterocycles. The summed E-state index contributed by atoms with van der Waals surface area (Å²) < 4.78 is 0. The first-order chi connectivity index (χ1) is 12.7. The summed E-state index contributed by atoms with van der Waals surface area (Å²) in [7, 11) is 0. The average molecular weight is 340 g/mol. The SMILES string of the molecule is C[C@](O)(c1ccccc1)[C@H](C#Cc1ccccc1)CCc1ccccc1. The van der Waals surface area contributed by atoms with Gasteiger partial charge in [-0.2, -0.15) is 0 Å². The van der Waals surface area contributed by atoms with E-state index in [0.29, 0.717) is 0 Å². The van der Waals surface area contributed by atoms with Gasteiger partial charge in [-0.1, -0.05) is 90.7 Å². The van der Waals surface area contributed by atoms with E-state index < -0.39 is 5.60 Å². The lowest BCUT2D eigenvalue weighted by molar-refractivity contribution is 0.0142. The normalized spacial score (nSPS) is 13.9. The first kappa shape index (κ1) is 18.0. The van der Waals surface area contributed by atoms with Gasteiger partial charge in [0.05, 0.1) is 5.92 Å². The van der Waals surface area contributed by atoms with Crippen LogP contribution < -0.4 is 0 Å². The molecule has 26 heavy (non-hydrogen) atoms. The highest BCUT2D eigenvalue weighted by Gasteiger charge is 2.32. The molecule has 0 radical (unpaired) electrons. The summed E-state index contributed by atoms with van der Waals surface area (Å²) in [5, 5.41) is 11.3. The van der Waals surface area contributed by atoms with Crippen LogP contribution in [0.2, 0.25) is 0 Å². The molecule has 3 aromatic carbocycles. The maximum atomic E-state index is 11.3. The summed E-state index contributed by atoms with van der Waals surface area (Å²) in [5.74, 6) is 6.43. The third kappa shape index (κ3) is 4.63. The monoisotopic (exact) mass is 340 g/mol. The predicted octanol–water partition coefficient (Wildman–Crippen LogP) is 5.19. The molecule has 0 spiro atoms. The molecule has 0 aliphatic carbocycles. The maximum absolute atomic E-state index is 11.3. The van der Waals surface area contributed by atoms with Gasteiger partial charge in [0.25, 0.3) is 0 Å². The van der Waals surface area contributed by atoms with E-state index in [2.05, 4.69) is 36.1 Å². The summed E-state index contributed by atoms with van der Waals surface area (Å²) in [5.41, 5.74) is 2.14. The van der Waals surface area contributed by atoms with E-state index in [4.69, 9.17) is 0 Å². The van der Waals surface area contributed by atoms with Gasteiger partial charge >= 0.3 is 0 Å². The van der Waals surface area contributed by atoms with Crippen LogP contribution in [0.1, 0.15) is 30.0 Å². The van der Waals surface area contributed by atoms with Gasteiger partial charge in [-0.15, -0.1) is 0 Å². The van der Waals surface area contributed by atoms with E-state index in [1.54, 1.807) is 0 Å². The van der Waals surface area contributed by atoms with E-state index in [1.165, 1.54) is 5.56 Å². The third-order valence-electron chi connectivity index (χ3n) is 4.77. The second-order valence-electron chi connectivity index (χ2n) is 6.73. The van der Waals surface area contributed by atoms with Gasteiger partial charge in [0, 0.05) is 5.56 Å². The molecule has 1 N–H and O–H groups in total. The summed E-state index contributed by atoms with van der Waals surface area (Å²) in [6, 6.07) is 30.2. The fourth-order valence-corrected chi connectivity index (χ4v) is 3.12. The minimum atomic E-state index is -1.00. The number of aryl methyl sites for hydroxylation is 1. The Morgan fingerprint density at radius 1 is 0.808 bits per heavy atom. The molecule has 0 unspecified atom stereocenters. The lowest BCUT2D eigenvalue weighted by atomic mass is 9.80. The average Bonchev–Trinajstić information content (AvgIpc) is 2.70. The molecular formula is C25H24O. The van der Waals surface area contributed by atoms with Crippen molar-refractivity contribution in [2.75, 3.05) is 0 Å². The lowest BCUT2D eigenvalue weighted by Crippen LogP contribution is -2.31. The van der Waals surface area contributed by atoms with Crippen LogP contribution in [0.5, 0.6) is 0 Å². The van der Waals surface area contributed by atoms with Crippen LogP contribution in [-0.2, 0) is 12.0 Å². The van der Waals surface area contributed by atoms with Crippen molar-refractivity contribution in [1.82, 2.24) is 0 Å². The molecule has 3 rings (SSSR count). The molecule has 1 nitrogen and oxygen atoms in total. The van der Waals surface area contributed by atoms with Crippen molar-refractivity contribution in [3.63, 3.8) is 0 Å². The Morgan fingerprint density at radius 3 is 1.96 bits per heavy atom. The summed E-state index contributed by atoms with van der Waals surface area (Å²) >= 11 is 0. The summed E-state index contributed by atoms with van der Waals surface area (Å²) in [6.07, 6.45) is 1.68. The highest BCUT2D eigenvalue weighted by molar-refractivity contribution is 5.36. The van der Waals surface area contributed by atoms with Gasteiger partial charge in [0.1, 0.15) is 5.60 Å². The highest BCUT2D eigenvalue weighted by atomic mass is 16.3. The minimum absolute atomic E-state index is 0.162. The predicted molar refractivity (Wildman–Crippen MR) is 108 cm³/mol. The lowest BCUT2D eigenvalue weighted by Gasteiger charge is -2.30. The van der Waals surface area contributed by atoms with E-state index >= 15 is 0 Å². The second-order valence-corrected chi connectivity index (χ2v) is 6.73. The number of rotatable bonds is 5. The Labute approximate surface area is 156 Å². The molecule has 2 atom stereocenters. The number of aliphatic hydroxyl groups is 1. The van der Waals surface area contributed by atoms with Crippen molar-refractivity contribution in [1.29, 1.82) is 0 Å². The largest absolute Gasteiger partial charge is 0.384 e. The second kappa shape index (κ2) is 8.52. The zero-order valence-corrected chi connectivity index (χ0v) is 15.1. The molecule has 0 heterocycles. The zero-order valence-electron chi connectivity index (χ0n) is 15.1. The molecule has 0 saturated heterocycles. The van der Waals surface area contributed by atoms with Gasteiger partial charge in [-0.25, -0.2) is 0 Å². The van der Waals surface area contributed by atoms with Crippen molar-refractivity contribution < 1.29 is 5.11 Å². The van der Waals surface area contributed by atoms with E-state index in [1.807, 2.05) is 73.7 Å². The molecule has 1 heteroatoms. The number of hydrogen-bond acceptors (Lipinski definition) is 1. The van der Waals surface area contributed by atoms with Gasteiger partial charge < -0.3 is 5.11 Å². The molecule has 0 fully saturated rings. The van der Waals surface area contributed by atoms with E-state index in [9.17, 15) is 5.11 Å². The van der Waals surface area contributed by atoms with Gasteiger partial charge in [0.15, 0.2) is 0 Å². The van der Waals surface area contributed by atoms with Crippen LogP contribution in [0, 0.1) is 17.8 Å². The molecule has 0 aliphatic rings. The molecule has 130 valence electrons. The van der Waals surface area contributed by atoms with Crippen molar-refractivity contribution >= 4 is 0 Å². The Hall–Kier alpha value is -2.82. The Bertz CT molecular complexity index is 856. The Morgan fingerprint density at radius 2 is 1.35 bits per heavy atom. The third-order valence-corrected chi connectivity index (χ3v) is 4.77. The zero-order chi connectivity index (χ0) is 18.2. The Balaban J connectivity index is 1.87. The van der Waals surface area contributed by atoms with Crippen molar-refractivity contribution in [2.24, 2.45) is 5.92 Å². The molecule has 3 aromatic rings. The van der Waals surface area contributed by atoms with Crippen LogP contribution >= 0.6 is 0 Å². The first-order valence-corrected chi connectivity index (χ1v) is 9.04. The van der Waals surface area contributed by atoms with E-state index in [-0.39, 0.29) is 5.92 Å². The number of hydrogen-bond donors (Lipinski definition) is 1. The topological polar surface area (TPSA) is 20.2 Å². The first-order valence-electron chi connectivity index (χ1n) is 9.04. The fraction of sp³-hybridized carbons (Fsp3) is 0.200. The molecule has 0 bridgehead atoms. The molecule has 0 saturated carbocycles. The molecule has 0 aromatic heterocycles. The minimum Gasteiger partial charge on any atom is -0.384 e. The van der Waals surface area contributed by atoms with Crippen LogP contribution in [0.3, 0.4) is 0 Å². The Kier molecular flexibility index (Phi) is 5.89. The van der Waals surface area contributed by atoms with Crippen molar-refractivity contribution in [2.45, 2.75) is 25.4 Å². The smallest absolute Gasteiger partial charge is 0.101 e. The van der Waals surface area contributed by atoms with Crippen molar-refractivity contribution in [3.8, 4) is 11.8 Å². The summed E-state index contributed by atoms with van der Waals surface area (Å²) in [4.78, 5) is 0. The number of benzene rings is 3.